The Morgan fingerprint density at radius 2 is 1.84 bits per heavy atom. The van der Waals surface area contributed by atoms with Gasteiger partial charge in [0.2, 0.25) is 6.61 Å². The molecule has 0 saturated carbocycles. The molecule has 32 heavy (non-hydrogen) atoms. The van der Waals surface area contributed by atoms with Crippen molar-refractivity contribution in [2.45, 2.75) is 6.10 Å². The van der Waals surface area contributed by atoms with E-state index in [0.717, 1.165) is 0 Å². The van der Waals surface area contributed by atoms with Gasteiger partial charge in [0, 0.05) is 10.6 Å². The molecule has 3 aromatic rings. The van der Waals surface area contributed by atoms with Crippen LogP contribution in [0.25, 0.3) is 0 Å². The van der Waals surface area contributed by atoms with Crippen LogP contribution in [0.2, 0.25) is 5.02 Å². The lowest BCUT2D eigenvalue weighted by Gasteiger charge is -2.16. The summed E-state index contributed by atoms with van der Waals surface area (Å²) >= 11 is 12.9. The molecule has 3 N–H and O–H groups in total. The van der Waals surface area contributed by atoms with Crippen molar-refractivity contribution >= 4 is 55.6 Å². The lowest BCUT2D eigenvalue weighted by Crippen LogP contribution is -2.03. The molecule has 0 spiro atoms. The van der Waals surface area contributed by atoms with Crippen molar-refractivity contribution in [3.8, 4) is 17.2 Å². The Balaban J connectivity index is 1.83. The highest BCUT2D eigenvalue weighted by atomic mass is 79.9. The number of benzene rings is 3. The molecule has 10 heteroatoms. The Kier molecular flexibility index (Phi) is 8.14. The normalized spacial score (nSPS) is 12.0. The molecule has 3 aromatic carbocycles. The van der Waals surface area contributed by atoms with Gasteiger partial charge in [-0.3, -0.25) is 0 Å². The number of nitrogens with zero attached hydrogens (tertiary/aromatic N) is 1. The summed E-state index contributed by atoms with van der Waals surface area (Å²) in [6.45, 7) is -0.537. The Morgan fingerprint density at radius 3 is 2.50 bits per heavy atom. The molecule has 166 valence electrons. The average Bonchev–Trinajstić information content (AvgIpc) is 2.74. The monoisotopic (exact) mass is 583 g/mol. The maximum atomic E-state index is 10.7. The lowest BCUT2D eigenvalue weighted by molar-refractivity contribution is -0.142. The number of aliphatic hydroxyl groups is 1. The van der Waals surface area contributed by atoms with Crippen molar-refractivity contribution in [3.63, 3.8) is 0 Å². The van der Waals surface area contributed by atoms with E-state index in [9.17, 15) is 15.0 Å². The Hall–Kier alpha value is -2.59. The van der Waals surface area contributed by atoms with Crippen molar-refractivity contribution < 1.29 is 29.7 Å². The second kappa shape index (κ2) is 10.8. The topological polar surface area (TPSA) is 109 Å². The zero-order valence-corrected chi connectivity index (χ0v) is 20.1. The first-order chi connectivity index (χ1) is 15.2. The van der Waals surface area contributed by atoms with Crippen LogP contribution in [0.15, 0.2) is 68.7 Å². The van der Waals surface area contributed by atoms with Gasteiger partial charge in [0.25, 0.3) is 0 Å². The van der Waals surface area contributed by atoms with Crippen LogP contribution < -0.4 is 4.74 Å². The molecule has 0 aromatic heterocycles. The van der Waals surface area contributed by atoms with Crippen LogP contribution in [0.4, 0.5) is 0 Å². The van der Waals surface area contributed by atoms with Gasteiger partial charge in [0.05, 0.1) is 15.2 Å². The van der Waals surface area contributed by atoms with Gasteiger partial charge in [-0.05, 0) is 85.5 Å². The molecule has 7 nitrogen and oxygen atoms in total. The number of halogens is 3. The van der Waals surface area contributed by atoms with E-state index in [1.165, 1.54) is 18.3 Å². The van der Waals surface area contributed by atoms with E-state index in [1.54, 1.807) is 42.5 Å². The van der Waals surface area contributed by atoms with Crippen LogP contribution in [0.5, 0.6) is 17.2 Å². The number of oxime groups is 1. The predicted octanol–water partition coefficient (Wildman–Crippen LogP) is 5.88. The summed E-state index contributed by atoms with van der Waals surface area (Å²) in [6.07, 6.45) is 0.260. The summed E-state index contributed by atoms with van der Waals surface area (Å²) in [5.74, 6) is -0.383. The molecule has 3 rings (SSSR count). The first-order valence-electron chi connectivity index (χ1n) is 9.05. The molecular weight excluding hydrogens is 570 g/mol. The van der Waals surface area contributed by atoms with Crippen LogP contribution in [0, 0.1) is 0 Å². The molecule has 1 atom stereocenters. The summed E-state index contributed by atoms with van der Waals surface area (Å²) < 4.78 is 7.12. The van der Waals surface area contributed by atoms with Gasteiger partial charge >= 0.3 is 5.97 Å². The predicted molar refractivity (Wildman–Crippen MR) is 127 cm³/mol. The van der Waals surface area contributed by atoms with Gasteiger partial charge in [0.15, 0.2) is 5.75 Å². The third kappa shape index (κ3) is 6.23. The number of carboxylic acid groups (broad SMARTS) is 1. The van der Waals surface area contributed by atoms with Gasteiger partial charge in [-0.25, -0.2) is 4.79 Å². The fourth-order valence-corrected chi connectivity index (χ4v) is 4.31. The largest absolute Gasteiger partial charge is 0.508 e. The molecule has 1 unspecified atom stereocenters. The number of aliphatic hydroxyl groups excluding tert-OH is 1. The molecule has 0 fully saturated rings. The zero-order valence-electron chi connectivity index (χ0n) is 16.2. The summed E-state index contributed by atoms with van der Waals surface area (Å²) in [5, 5.41) is 33.6. The highest BCUT2D eigenvalue weighted by molar-refractivity contribution is 9.11. The third-order valence-corrected chi connectivity index (χ3v) is 5.58. The number of aromatic hydroxyl groups is 1. The number of carbonyl (C=O) groups is 1. The van der Waals surface area contributed by atoms with Crippen molar-refractivity contribution in [2.75, 3.05) is 6.61 Å². The smallest absolute Gasteiger partial charge is 0.344 e. The van der Waals surface area contributed by atoms with Crippen molar-refractivity contribution in [3.05, 3.63) is 85.3 Å². The van der Waals surface area contributed by atoms with Crippen molar-refractivity contribution in [2.24, 2.45) is 5.16 Å². The second-order valence-corrected chi connectivity index (χ2v) is 8.64. The average molecular weight is 586 g/mol. The number of phenolic OH excluding ortho intramolecular Hbond substituents is 1. The van der Waals surface area contributed by atoms with Gasteiger partial charge in [-0.1, -0.05) is 28.9 Å². The first kappa shape index (κ1) is 24.1. The van der Waals surface area contributed by atoms with Gasteiger partial charge < -0.3 is 24.9 Å². The number of aliphatic carboxylic acids is 1. The van der Waals surface area contributed by atoms with E-state index in [1.807, 2.05) is 0 Å². The van der Waals surface area contributed by atoms with Crippen LogP contribution in [-0.4, -0.2) is 34.1 Å². The minimum atomic E-state index is -1.12. The second-order valence-electron chi connectivity index (χ2n) is 6.50. The molecule has 0 radical (unpaired) electrons. The number of hydrogen-bond acceptors (Lipinski definition) is 6. The fourth-order valence-electron chi connectivity index (χ4n) is 2.73. The molecule has 0 amide bonds. The van der Waals surface area contributed by atoms with Crippen molar-refractivity contribution in [1.82, 2.24) is 0 Å². The number of carboxylic acids is 1. The van der Waals surface area contributed by atoms with E-state index in [-0.39, 0.29) is 11.3 Å². The lowest BCUT2D eigenvalue weighted by atomic mass is 10.0. The summed E-state index contributed by atoms with van der Waals surface area (Å²) in [7, 11) is 0. The first-order valence-corrected chi connectivity index (χ1v) is 11.0. The SMILES string of the molecule is O=C(O)CO/N=C\c1cc(Br)c(Oc2ccc(O)c(C(O)c3cccc(Cl)c3)c2)c(Br)c1. The fraction of sp³-hybridized carbons (Fsp3) is 0.0909. The zero-order chi connectivity index (χ0) is 23.3. The summed E-state index contributed by atoms with van der Waals surface area (Å²) in [6, 6.07) is 14.7. The van der Waals surface area contributed by atoms with E-state index < -0.39 is 18.7 Å². The van der Waals surface area contributed by atoms with Gasteiger partial charge in [0.1, 0.15) is 17.6 Å². The maximum absolute atomic E-state index is 10.7. The molecule has 0 aliphatic rings. The maximum Gasteiger partial charge on any atom is 0.344 e. The number of rotatable bonds is 8. The molecule has 0 heterocycles. The molecule has 0 aliphatic heterocycles. The van der Waals surface area contributed by atoms with Crippen LogP contribution in [-0.2, 0) is 9.63 Å². The van der Waals surface area contributed by atoms with E-state index in [4.69, 9.17) is 21.4 Å². The molecule has 0 aliphatic carbocycles. The third-order valence-electron chi connectivity index (χ3n) is 4.16. The molecular formula is C22H16Br2ClNO6. The van der Waals surface area contributed by atoms with E-state index in [0.29, 0.717) is 36.6 Å². The summed E-state index contributed by atoms with van der Waals surface area (Å²) in [4.78, 5) is 15.1. The molecule has 0 saturated heterocycles. The highest BCUT2D eigenvalue weighted by Crippen LogP contribution is 2.40. The minimum absolute atomic E-state index is 0.0872. The Morgan fingerprint density at radius 1 is 1.12 bits per heavy atom. The summed E-state index contributed by atoms with van der Waals surface area (Å²) in [5.41, 5.74) is 1.42. The quantitative estimate of drug-likeness (QED) is 0.225. The standard InChI is InChI=1S/C22H16Br2ClNO6/c23-17-6-12(10-26-31-11-20(28)29)7-18(24)22(17)32-15-4-5-19(27)16(9-15)21(30)13-2-1-3-14(25)8-13/h1-10,21,27,30H,11H2,(H,28,29)/b26-10-. The number of phenols is 1. The number of ether oxygens (including phenoxy) is 1. The van der Waals surface area contributed by atoms with Crippen LogP contribution >= 0.6 is 43.5 Å². The molecule has 0 bridgehead atoms. The van der Waals surface area contributed by atoms with E-state index in [2.05, 4.69) is 41.9 Å². The van der Waals surface area contributed by atoms with Crippen LogP contribution in [0.3, 0.4) is 0 Å². The van der Waals surface area contributed by atoms with Gasteiger partial charge in [-0.2, -0.15) is 0 Å². The Bertz CT molecular complexity index is 1150. The highest BCUT2D eigenvalue weighted by Gasteiger charge is 2.17. The Labute approximate surface area is 205 Å². The van der Waals surface area contributed by atoms with Crippen molar-refractivity contribution in [1.29, 1.82) is 0 Å². The van der Waals surface area contributed by atoms with Gasteiger partial charge in [-0.15, -0.1) is 0 Å². The minimum Gasteiger partial charge on any atom is -0.508 e. The van der Waals surface area contributed by atoms with E-state index >= 15 is 0 Å². The number of hydrogen-bond donors (Lipinski definition) is 3. The van der Waals surface area contributed by atoms with Crippen LogP contribution in [0.1, 0.15) is 22.8 Å².